The molecule has 1 aliphatic rings. The normalized spacial score (nSPS) is 22.0. The highest BCUT2D eigenvalue weighted by Gasteiger charge is 2.27. The summed E-state index contributed by atoms with van der Waals surface area (Å²) in [6.07, 6.45) is 1.03. The van der Waals surface area contributed by atoms with Crippen molar-refractivity contribution in [1.29, 1.82) is 0 Å². The Morgan fingerprint density at radius 2 is 2.11 bits per heavy atom. The highest BCUT2D eigenvalue weighted by molar-refractivity contribution is 7.11. The van der Waals surface area contributed by atoms with Crippen molar-refractivity contribution in [3.63, 3.8) is 0 Å². The Kier molecular flexibility index (Phi) is 5.33. The molecule has 1 saturated heterocycles. The molecule has 1 fully saturated rings. The zero-order valence-electron chi connectivity index (χ0n) is 12.6. The standard InChI is InChI=1S/C14H26N4S/c1-5-11-13(9-15-6-2)19-14(16-11)12-10-17(3)7-8-18(12)4/h12,15H,5-10H2,1-4H3. The van der Waals surface area contributed by atoms with Crippen molar-refractivity contribution in [2.45, 2.75) is 32.9 Å². The average Bonchev–Trinajstić information content (AvgIpc) is 2.82. The lowest BCUT2D eigenvalue weighted by Gasteiger charge is -2.36. The van der Waals surface area contributed by atoms with E-state index in [2.05, 4.69) is 43.1 Å². The molecular formula is C14H26N4S. The van der Waals surface area contributed by atoms with Gasteiger partial charge in [-0.3, -0.25) is 4.90 Å². The summed E-state index contributed by atoms with van der Waals surface area (Å²) >= 11 is 1.89. The molecule has 19 heavy (non-hydrogen) atoms. The van der Waals surface area contributed by atoms with Gasteiger partial charge < -0.3 is 10.2 Å². The van der Waals surface area contributed by atoms with Gasteiger partial charge in [-0.2, -0.15) is 0 Å². The molecule has 0 spiro atoms. The fourth-order valence-electron chi connectivity index (χ4n) is 2.48. The summed E-state index contributed by atoms with van der Waals surface area (Å²) in [6, 6.07) is 0.462. The van der Waals surface area contributed by atoms with Crippen molar-refractivity contribution < 1.29 is 0 Å². The quantitative estimate of drug-likeness (QED) is 0.891. The van der Waals surface area contributed by atoms with Crippen LogP contribution in [0.15, 0.2) is 0 Å². The molecule has 1 aromatic heterocycles. The first-order chi connectivity index (χ1) is 9.15. The third-order valence-electron chi connectivity index (χ3n) is 3.80. The van der Waals surface area contributed by atoms with Crippen LogP contribution in [0.3, 0.4) is 0 Å². The third kappa shape index (κ3) is 3.54. The number of nitrogens with zero attached hydrogens (tertiary/aromatic N) is 3. The average molecular weight is 282 g/mol. The van der Waals surface area contributed by atoms with E-state index in [4.69, 9.17) is 4.98 Å². The van der Waals surface area contributed by atoms with Gasteiger partial charge in [-0.05, 0) is 27.1 Å². The van der Waals surface area contributed by atoms with Crippen LogP contribution in [-0.4, -0.2) is 55.1 Å². The lowest BCUT2D eigenvalue weighted by molar-refractivity contribution is 0.115. The largest absolute Gasteiger partial charge is 0.312 e. The van der Waals surface area contributed by atoms with Gasteiger partial charge in [-0.1, -0.05) is 13.8 Å². The second kappa shape index (κ2) is 6.79. The number of rotatable bonds is 5. The number of likely N-dealkylation sites (N-methyl/N-ethyl adjacent to an activating group) is 2. The maximum atomic E-state index is 4.90. The number of thiazole rings is 1. The maximum Gasteiger partial charge on any atom is 0.112 e. The highest BCUT2D eigenvalue weighted by Crippen LogP contribution is 2.29. The van der Waals surface area contributed by atoms with Crippen molar-refractivity contribution in [1.82, 2.24) is 20.1 Å². The van der Waals surface area contributed by atoms with Crippen LogP contribution in [0.2, 0.25) is 0 Å². The van der Waals surface area contributed by atoms with Gasteiger partial charge in [-0.25, -0.2) is 4.98 Å². The van der Waals surface area contributed by atoms with Gasteiger partial charge in [-0.15, -0.1) is 11.3 Å². The van der Waals surface area contributed by atoms with Crippen molar-refractivity contribution in [3.05, 3.63) is 15.6 Å². The topological polar surface area (TPSA) is 31.4 Å². The zero-order valence-corrected chi connectivity index (χ0v) is 13.4. The summed E-state index contributed by atoms with van der Waals surface area (Å²) in [5.74, 6) is 0. The van der Waals surface area contributed by atoms with Gasteiger partial charge in [0.1, 0.15) is 5.01 Å². The van der Waals surface area contributed by atoms with Gasteiger partial charge in [0.05, 0.1) is 11.7 Å². The van der Waals surface area contributed by atoms with Crippen LogP contribution in [0, 0.1) is 0 Å². The van der Waals surface area contributed by atoms with Gasteiger partial charge in [0.2, 0.25) is 0 Å². The fourth-order valence-corrected chi connectivity index (χ4v) is 3.76. The summed E-state index contributed by atoms with van der Waals surface area (Å²) in [7, 11) is 4.42. The molecule has 2 rings (SSSR count). The first kappa shape index (κ1) is 14.9. The number of hydrogen-bond acceptors (Lipinski definition) is 5. The molecule has 108 valence electrons. The van der Waals surface area contributed by atoms with E-state index in [1.54, 1.807) is 0 Å². The molecular weight excluding hydrogens is 256 g/mol. The number of nitrogens with one attached hydrogen (secondary N) is 1. The summed E-state index contributed by atoms with van der Waals surface area (Å²) in [5, 5.41) is 4.71. The maximum absolute atomic E-state index is 4.90. The monoisotopic (exact) mass is 282 g/mol. The van der Waals surface area contributed by atoms with Crippen LogP contribution >= 0.6 is 11.3 Å². The predicted molar refractivity (Wildman–Crippen MR) is 81.7 cm³/mol. The molecule has 0 saturated carbocycles. The van der Waals surface area contributed by atoms with E-state index in [-0.39, 0.29) is 0 Å². The van der Waals surface area contributed by atoms with E-state index in [9.17, 15) is 0 Å². The van der Waals surface area contributed by atoms with Crippen LogP contribution < -0.4 is 5.32 Å². The number of piperazine rings is 1. The van der Waals surface area contributed by atoms with Crippen molar-refractivity contribution in [2.24, 2.45) is 0 Å². The van der Waals surface area contributed by atoms with Gasteiger partial charge in [0, 0.05) is 31.1 Å². The number of aryl methyl sites for hydroxylation is 1. The fraction of sp³-hybridized carbons (Fsp3) is 0.786. The van der Waals surface area contributed by atoms with Gasteiger partial charge in [0.15, 0.2) is 0 Å². The summed E-state index contributed by atoms with van der Waals surface area (Å²) in [4.78, 5) is 11.2. The first-order valence-electron chi connectivity index (χ1n) is 7.23. The van der Waals surface area contributed by atoms with Crippen molar-refractivity contribution in [2.75, 3.05) is 40.3 Å². The lowest BCUT2D eigenvalue weighted by Crippen LogP contribution is -2.44. The minimum absolute atomic E-state index is 0.462. The van der Waals surface area contributed by atoms with Crippen LogP contribution in [0.25, 0.3) is 0 Å². The second-order valence-corrected chi connectivity index (χ2v) is 6.43. The molecule has 0 aliphatic carbocycles. The Morgan fingerprint density at radius 1 is 1.32 bits per heavy atom. The van der Waals surface area contributed by atoms with Gasteiger partial charge >= 0.3 is 0 Å². The molecule has 1 aromatic rings. The molecule has 0 radical (unpaired) electrons. The minimum atomic E-state index is 0.462. The Morgan fingerprint density at radius 3 is 2.79 bits per heavy atom. The van der Waals surface area contributed by atoms with E-state index < -0.39 is 0 Å². The Bertz CT molecular complexity index is 404. The second-order valence-electron chi connectivity index (χ2n) is 5.31. The van der Waals surface area contributed by atoms with E-state index in [1.165, 1.54) is 15.6 Å². The lowest BCUT2D eigenvalue weighted by atomic mass is 10.2. The molecule has 2 heterocycles. The Balaban J connectivity index is 2.16. The van der Waals surface area contributed by atoms with E-state index in [1.807, 2.05) is 11.3 Å². The van der Waals surface area contributed by atoms with Gasteiger partial charge in [0.25, 0.3) is 0 Å². The number of aromatic nitrogens is 1. The highest BCUT2D eigenvalue weighted by atomic mass is 32.1. The summed E-state index contributed by atoms with van der Waals surface area (Å²) in [6.45, 7) is 9.70. The zero-order chi connectivity index (χ0) is 13.8. The molecule has 5 heteroatoms. The minimum Gasteiger partial charge on any atom is -0.312 e. The molecule has 0 bridgehead atoms. The molecule has 0 aromatic carbocycles. The van der Waals surface area contributed by atoms with Crippen molar-refractivity contribution >= 4 is 11.3 Å². The molecule has 1 aliphatic heterocycles. The molecule has 4 nitrogen and oxygen atoms in total. The molecule has 1 unspecified atom stereocenters. The number of hydrogen-bond donors (Lipinski definition) is 1. The molecule has 1 atom stereocenters. The van der Waals surface area contributed by atoms with Crippen LogP contribution in [-0.2, 0) is 13.0 Å². The van der Waals surface area contributed by atoms with Crippen molar-refractivity contribution in [3.8, 4) is 0 Å². The molecule has 0 amide bonds. The predicted octanol–water partition coefficient (Wildman–Crippen LogP) is 1.73. The van der Waals surface area contributed by atoms with E-state index >= 15 is 0 Å². The van der Waals surface area contributed by atoms with Crippen LogP contribution in [0.1, 0.15) is 35.5 Å². The SMILES string of the molecule is CCNCc1sc(C2CN(C)CCN2C)nc1CC. The third-order valence-corrected chi connectivity index (χ3v) is 5.00. The van der Waals surface area contributed by atoms with E-state index in [0.717, 1.165) is 39.1 Å². The van der Waals surface area contributed by atoms with Crippen LogP contribution in [0.4, 0.5) is 0 Å². The Hall–Kier alpha value is -0.490. The smallest absolute Gasteiger partial charge is 0.112 e. The van der Waals surface area contributed by atoms with Crippen LogP contribution in [0.5, 0.6) is 0 Å². The summed E-state index contributed by atoms with van der Waals surface area (Å²) in [5.41, 5.74) is 1.28. The molecule has 1 N–H and O–H groups in total. The first-order valence-corrected chi connectivity index (χ1v) is 8.05. The summed E-state index contributed by atoms with van der Waals surface area (Å²) < 4.78 is 0. The Labute approximate surface area is 120 Å². The van der Waals surface area contributed by atoms with E-state index in [0.29, 0.717) is 6.04 Å².